The van der Waals surface area contributed by atoms with Gasteiger partial charge >= 0.3 is 0 Å². The number of nitrogens with one attached hydrogen (secondary N) is 1. The van der Waals surface area contributed by atoms with Crippen molar-refractivity contribution in [3.8, 4) is 0 Å². The summed E-state index contributed by atoms with van der Waals surface area (Å²) in [5, 5.41) is 3.51. The number of hydrogen-bond acceptors (Lipinski definition) is 1. The van der Waals surface area contributed by atoms with Crippen LogP contribution in [-0.2, 0) is 12.8 Å². The second-order valence-corrected chi connectivity index (χ2v) is 4.95. The van der Waals surface area contributed by atoms with Crippen molar-refractivity contribution in [2.75, 3.05) is 11.9 Å². The Morgan fingerprint density at radius 2 is 2.00 bits per heavy atom. The Morgan fingerprint density at radius 1 is 1.20 bits per heavy atom. The van der Waals surface area contributed by atoms with E-state index >= 15 is 0 Å². The van der Waals surface area contributed by atoms with Crippen LogP contribution in [0.4, 0.5) is 5.69 Å². The zero-order valence-corrected chi connectivity index (χ0v) is 9.84. The van der Waals surface area contributed by atoms with Crippen molar-refractivity contribution in [1.29, 1.82) is 0 Å². The fraction of sp³-hybridized carbons (Fsp3) is 0.571. The maximum absolute atomic E-state index is 3.51. The monoisotopic (exact) mass is 203 g/mol. The first-order valence-electron chi connectivity index (χ1n) is 6.11. The Morgan fingerprint density at radius 3 is 2.80 bits per heavy atom. The van der Waals surface area contributed by atoms with Crippen molar-refractivity contribution in [2.24, 2.45) is 5.92 Å². The summed E-state index contributed by atoms with van der Waals surface area (Å²) in [6, 6.07) is 6.85. The van der Waals surface area contributed by atoms with E-state index in [0.29, 0.717) is 0 Å². The van der Waals surface area contributed by atoms with E-state index in [1.807, 2.05) is 0 Å². The molecule has 1 aromatic carbocycles. The lowest BCUT2D eigenvalue weighted by Gasteiger charge is -2.09. The van der Waals surface area contributed by atoms with Crippen LogP contribution in [0, 0.1) is 5.92 Å². The molecule has 0 heterocycles. The Hall–Kier alpha value is -0.980. The molecule has 0 bridgehead atoms. The van der Waals surface area contributed by atoms with Crippen LogP contribution in [0.15, 0.2) is 18.2 Å². The van der Waals surface area contributed by atoms with E-state index < -0.39 is 0 Å². The first kappa shape index (κ1) is 10.5. The SMILES string of the molecule is CC(C)CCNc1ccc2c(c1)CCC2. The van der Waals surface area contributed by atoms with E-state index in [-0.39, 0.29) is 0 Å². The summed E-state index contributed by atoms with van der Waals surface area (Å²) in [5.41, 5.74) is 4.42. The number of fused-ring (bicyclic) bond motifs is 1. The minimum atomic E-state index is 0.784. The molecule has 0 aliphatic heterocycles. The highest BCUT2D eigenvalue weighted by Crippen LogP contribution is 2.24. The summed E-state index contributed by atoms with van der Waals surface area (Å²) in [6.45, 7) is 5.63. The van der Waals surface area contributed by atoms with Gasteiger partial charge in [-0.3, -0.25) is 0 Å². The van der Waals surface area contributed by atoms with Crippen molar-refractivity contribution in [2.45, 2.75) is 39.5 Å². The quantitative estimate of drug-likeness (QED) is 0.788. The molecule has 82 valence electrons. The van der Waals surface area contributed by atoms with Crippen LogP contribution in [0.2, 0.25) is 0 Å². The summed E-state index contributed by atoms with van der Waals surface area (Å²) < 4.78 is 0. The molecule has 0 fully saturated rings. The lowest BCUT2D eigenvalue weighted by molar-refractivity contribution is 0.607. The van der Waals surface area contributed by atoms with Crippen LogP contribution >= 0.6 is 0 Å². The lowest BCUT2D eigenvalue weighted by Crippen LogP contribution is -2.04. The van der Waals surface area contributed by atoms with E-state index in [1.165, 1.54) is 31.4 Å². The molecular weight excluding hydrogens is 182 g/mol. The third-order valence-corrected chi connectivity index (χ3v) is 3.15. The zero-order valence-electron chi connectivity index (χ0n) is 9.84. The molecule has 1 heteroatoms. The highest BCUT2D eigenvalue weighted by atomic mass is 14.9. The summed E-state index contributed by atoms with van der Waals surface area (Å²) in [4.78, 5) is 0. The van der Waals surface area contributed by atoms with Crippen LogP contribution in [0.5, 0.6) is 0 Å². The molecule has 0 unspecified atom stereocenters. The normalized spacial score (nSPS) is 14.3. The third kappa shape index (κ3) is 2.74. The largest absolute Gasteiger partial charge is 0.385 e. The topological polar surface area (TPSA) is 12.0 Å². The number of rotatable bonds is 4. The van der Waals surface area contributed by atoms with Gasteiger partial charge in [0.25, 0.3) is 0 Å². The van der Waals surface area contributed by atoms with Gasteiger partial charge < -0.3 is 5.32 Å². The maximum Gasteiger partial charge on any atom is 0.0343 e. The molecule has 0 atom stereocenters. The smallest absolute Gasteiger partial charge is 0.0343 e. The predicted octanol–water partition coefficient (Wildman–Crippen LogP) is 3.63. The number of hydrogen-bond donors (Lipinski definition) is 1. The number of aryl methyl sites for hydroxylation is 2. The standard InChI is InChI=1S/C14H21N/c1-11(2)8-9-15-14-7-6-12-4-3-5-13(12)10-14/h6-7,10-11,15H,3-5,8-9H2,1-2H3. The summed E-state index contributed by atoms with van der Waals surface area (Å²) in [6.07, 6.45) is 5.14. The molecule has 0 saturated heterocycles. The van der Waals surface area contributed by atoms with E-state index in [4.69, 9.17) is 0 Å². The van der Waals surface area contributed by atoms with Gasteiger partial charge in [0.15, 0.2) is 0 Å². The van der Waals surface area contributed by atoms with Gasteiger partial charge in [-0.25, -0.2) is 0 Å². The van der Waals surface area contributed by atoms with Crippen molar-refractivity contribution in [3.05, 3.63) is 29.3 Å². The van der Waals surface area contributed by atoms with Gasteiger partial charge in [0.05, 0.1) is 0 Å². The van der Waals surface area contributed by atoms with Gasteiger partial charge in [-0.1, -0.05) is 19.9 Å². The fourth-order valence-corrected chi connectivity index (χ4v) is 2.19. The Kier molecular flexibility index (Phi) is 3.30. The van der Waals surface area contributed by atoms with Gasteiger partial charge in [-0.05, 0) is 54.9 Å². The Balaban J connectivity index is 1.92. The summed E-state index contributed by atoms with van der Waals surface area (Å²) >= 11 is 0. The average Bonchev–Trinajstić information content (AvgIpc) is 2.64. The number of benzene rings is 1. The first-order valence-corrected chi connectivity index (χ1v) is 6.11. The van der Waals surface area contributed by atoms with Crippen molar-refractivity contribution < 1.29 is 0 Å². The van der Waals surface area contributed by atoms with Crippen LogP contribution in [-0.4, -0.2) is 6.54 Å². The third-order valence-electron chi connectivity index (χ3n) is 3.15. The molecule has 1 aliphatic carbocycles. The van der Waals surface area contributed by atoms with Gasteiger partial charge in [0, 0.05) is 12.2 Å². The summed E-state index contributed by atoms with van der Waals surface area (Å²) in [5.74, 6) is 0.784. The molecule has 0 radical (unpaired) electrons. The van der Waals surface area contributed by atoms with E-state index in [0.717, 1.165) is 12.5 Å². The van der Waals surface area contributed by atoms with E-state index in [2.05, 4.69) is 37.4 Å². The van der Waals surface area contributed by atoms with Crippen LogP contribution in [0.3, 0.4) is 0 Å². The van der Waals surface area contributed by atoms with Crippen LogP contribution in [0.25, 0.3) is 0 Å². The minimum Gasteiger partial charge on any atom is -0.385 e. The molecule has 1 aliphatic rings. The molecule has 0 saturated carbocycles. The van der Waals surface area contributed by atoms with Gasteiger partial charge in [0.2, 0.25) is 0 Å². The highest BCUT2D eigenvalue weighted by Gasteiger charge is 2.10. The van der Waals surface area contributed by atoms with E-state index in [9.17, 15) is 0 Å². The molecule has 2 rings (SSSR count). The highest BCUT2D eigenvalue weighted by molar-refractivity contribution is 5.50. The van der Waals surface area contributed by atoms with Crippen molar-refractivity contribution in [3.63, 3.8) is 0 Å². The van der Waals surface area contributed by atoms with Crippen molar-refractivity contribution >= 4 is 5.69 Å². The molecule has 1 aromatic rings. The molecule has 1 N–H and O–H groups in total. The molecule has 0 spiro atoms. The second-order valence-electron chi connectivity index (χ2n) is 4.95. The summed E-state index contributed by atoms with van der Waals surface area (Å²) in [7, 11) is 0. The molecule has 0 aromatic heterocycles. The molecule has 1 nitrogen and oxygen atoms in total. The predicted molar refractivity (Wildman–Crippen MR) is 66.4 cm³/mol. The van der Waals surface area contributed by atoms with Gasteiger partial charge in [-0.2, -0.15) is 0 Å². The van der Waals surface area contributed by atoms with Crippen LogP contribution in [0.1, 0.15) is 37.8 Å². The Labute approximate surface area is 92.9 Å². The van der Waals surface area contributed by atoms with Crippen LogP contribution < -0.4 is 5.32 Å². The van der Waals surface area contributed by atoms with E-state index in [1.54, 1.807) is 11.1 Å². The zero-order chi connectivity index (χ0) is 10.7. The maximum atomic E-state index is 3.51. The molecule has 15 heavy (non-hydrogen) atoms. The second kappa shape index (κ2) is 4.69. The number of anilines is 1. The minimum absolute atomic E-state index is 0.784. The van der Waals surface area contributed by atoms with Gasteiger partial charge in [-0.15, -0.1) is 0 Å². The molecule has 0 amide bonds. The molecular formula is C14H21N. The Bertz CT molecular complexity index is 328. The average molecular weight is 203 g/mol. The lowest BCUT2D eigenvalue weighted by atomic mass is 10.1. The fourth-order valence-electron chi connectivity index (χ4n) is 2.19. The van der Waals surface area contributed by atoms with Crippen molar-refractivity contribution in [1.82, 2.24) is 0 Å². The van der Waals surface area contributed by atoms with Gasteiger partial charge in [0.1, 0.15) is 0 Å². The first-order chi connectivity index (χ1) is 7.25.